The minimum atomic E-state index is -4.23. The van der Waals surface area contributed by atoms with Crippen molar-refractivity contribution in [3.63, 3.8) is 0 Å². The number of hydrogen-bond acceptors (Lipinski definition) is 3. The molecule has 8 heteroatoms. The van der Waals surface area contributed by atoms with Crippen LogP contribution in [0.2, 0.25) is 0 Å². The average Bonchev–Trinajstić information content (AvgIpc) is 2.99. The zero-order chi connectivity index (χ0) is 16.0. The second kappa shape index (κ2) is 8.01. The third-order valence-electron chi connectivity index (χ3n) is 4.02. The van der Waals surface area contributed by atoms with Crippen molar-refractivity contribution in [1.29, 1.82) is 0 Å². The molecule has 0 aliphatic carbocycles. The highest BCUT2D eigenvalue weighted by molar-refractivity contribution is 5.74. The van der Waals surface area contributed by atoms with Gasteiger partial charge < -0.3 is 19.7 Å². The highest BCUT2D eigenvalue weighted by Crippen LogP contribution is 2.32. The summed E-state index contributed by atoms with van der Waals surface area (Å²) in [5, 5.41) is 2.60. The molecule has 2 rings (SSSR count). The van der Waals surface area contributed by atoms with E-state index < -0.39 is 18.1 Å². The molecule has 0 saturated carbocycles. The van der Waals surface area contributed by atoms with Gasteiger partial charge in [0.2, 0.25) is 0 Å². The Morgan fingerprint density at radius 1 is 1.32 bits per heavy atom. The molecule has 1 N–H and O–H groups in total. The average molecular weight is 324 g/mol. The Kier molecular flexibility index (Phi) is 6.31. The smallest absolute Gasteiger partial charge is 0.377 e. The van der Waals surface area contributed by atoms with Crippen LogP contribution in [-0.4, -0.2) is 62.7 Å². The monoisotopic (exact) mass is 324 g/mol. The first-order chi connectivity index (χ1) is 10.5. The largest absolute Gasteiger partial charge is 0.393 e. The van der Waals surface area contributed by atoms with Crippen molar-refractivity contribution in [1.82, 2.24) is 10.2 Å². The topological polar surface area (TPSA) is 50.8 Å². The van der Waals surface area contributed by atoms with E-state index in [4.69, 9.17) is 9.47 Å². The van der Waals surface area contributed by atoms with E-state index in [-0.39, 0.29) is 19.1 Å². The summed E-state index contributed by atoms with van der Waals surface area (Å²) in [5.74, 6) is -1.41. The van der Waals surface area contributed by atoms with E-state index in [9.17, 15) is 18.0 Å². The number of likely N-dealkylation sites (tertiary alicyclic amines) is 1. The Labute approximate surface area is 128 Å². The van der Waals surface area contributed by atoms with Crippen LogP contribution in [-0.2, 0) is 9.47 Å². The van der Waals surface area contributed by atoms with E-state index in [0.717, 1.165) is 19.4 Å². The molecule has 0 bridgehead atoms. The maximum Gasteiger partial charge on any atom is 0.393 e. The lowest BCUT2D eigenvalue weighted by atomic mass is 9.98. The molecule has 0 aromatic heterocycles. The summed E-state index contributed by atoms with van der Waals surface area (Å²) in [6.45, 7) is 2.00. The number of nitrogens with one attached hydrogen (secondary N) is 1. The zero-order valence-electron chi connectivity index (χ0n) is 12.5. The molecular weight excluding hydrogens is 301 g/mol. The normalized spacial score (nSPS) is 26.2. The van der Waals surface area contributed by atoms with Gasteiger partial charge in [-0.25, -0.2) is 4.79 Å². The quantitative estimate of drug-likeness (QED) is 0.789. The predicted molar refractivity (Wildman–Crippen MR) is 73.5 cm³/mol. The lowest BCUT2D eigenvalue weighted by molar-refractivity contribution is -0.184. The van der Waals surface area contributed by atoms with Crippen LogP contribution in [0.3, 0.4) is 0 Å². The molecule has 2 aliphatic heterocycles. The van der Waals surface area contributed by atoms with Crippen LogP contribution in [0.15, 0.2) is 0 Å². The van der Waals surface area contributed by atoms with Gasteiger partial charge in [-0.15, -0.1) is 0 Å². The van der Waals surface area contributed by atoms with Crippen LogP contribution < -0.4 is 5.32 Å². The summed E-state index contributed by atoms with van der Waals surface area (Å²) in [6, 6.07) is -0.449. The number of carbonyl (C=O) groups is 1. The third-order valence-corrected chi connectivity index (χ3v) is 4.02. The maximum atomic E-state index is 12.7. The first kappa shape index (κ1) is 17.3. The molecule has 0 radical (unpaired) electrons. The van der Waals surface area contributed by atoms with Gasteiger partial charge in [0, 0.05) is 26.2 Å². The van der Waals surface area contributed by atoms with Crippen molar-refractivity contribution in [3.8, 4) is 0 Å². The SMILES string of the molecule is O=C(NCCOC[C@H]1CCCO1)N1CCC[C@H](C(F)(F)F)C1. The molecule has 2 aliphatic rings. The lowest BCUT2D eigenvalue weighted by Gasteiger charge is -2.33. The Morgan fingerprint density at radius 2 is 2.14 bits per heavy atom. The summed E-state index contributed by atoms with van der Waals surface area (Å²) >= 11 is 0. The van der Waals surface area contributed by atoms with E-state index in [1.807, 2.05) is 0 Å². The van der Waals surface area contributed by atoms with Crippen molar-refractivity contribution in [2.24, 2.45) is 5.92 Å². The van der Waals surface area contributed by atoms with Gasteiger partial charge in [0.15, 0.2) is 0 Å². The standard InChI is InChI=1S/C14H23F3N2O3/c15-14(16,17)11-3-1-6-19(9-11)13(20)18-5-8-21-10-12-4-2-7-22-12/h11-12H,1-10H2,(H,18,20)/t11-,12+/m0/s1. The van der Waals surface area contributed by atoms with Crippen LogP contribution in [0, 0.1) is 5.92 Å². The summed E-state index contributed by atoms with van der Waals surface area (Å²) in [7, 11) is 0. The van der Waals surface area contributed by atoms with Gasteiger partial charge in [0.1, 0.15) is 0 Å². The minimum Gasteiger partial charge on any atom is -0.377 e. The van der Waals surface area contributed by atoms with Crippen molar-refractivity contribution < 1.29 is 27.4 Å². The van der Waals surface area contributed by atoms with Gasteiger partial charge >= 0.3 is 12.2 Å². The van der Waals surface area contributed by atoms with Gasteiger partial charge in [0.25, 0.3) is 0 Å². The molecule has 5 nitrogen and oxygen atoms in total. The van der Waals surface area contributed by atoms with E-state index in [2.05, 4.69) is 5.32 Å². The van der Waals surface area contributed by atoms with Crippen LogP contribution in [0.5, 0.6) is 0 Å². The number of amides is 2. The van der Waals surface area contributed by atoms with E-state index >= 15 is 0 Å². The number of halogens is 3. The van der Waals surface area contributed by atoms with E-state index in [1.165, 1.54) is 4.90 Å². The summed E-state index contributed by atoms with van der Waals surface area (Å²) in [6.07, 6.45) is -1.60. The predicted octanol–water partition coefficient (Wildman–Crippen LogP) is 2.17. The number of ether oxygens (including phenoxy) is 2. The van der Waals surface area contributed by atoms with Gasteiger partial charge in [-0.3, -0.25) is 0 Å². The van der Waals surface area contributed by atoms with Gasteiger partial charge in [-0.05, 0) is 25.7 Å². The van der Waals surface area contributed by atoms with Gasteiger partial charge in [-0.1, -0.05) is 0 Å². The third kappa shape index (κ3) is 5.31. The van der Waals surface area contributed by atoms with Crippen molar-refractivity contribution >= 4 is 6.03 Å². The molecular formula is C14H23F3N2O3. The molecule has 128 valence electrons. The molecule has 0 aromatic rings. The van der Waals surface area contributed by atoms with E-state index in [1.54, 1.807) is 0 Å². The fourth-order valence-corrected chi connectivity index (χ4v) is 2.76. The number of piperidine rings is 1. The van der Waals surface area contributed by atoms with Crippen molar-refractivity contribution in [3.05, 3.63) is 0 Å². The Morgan fingerprint density at radius 3 is 2.82 bits per heavy atom. The first-order valence-corrected chi connectivity index (χ1v) is 7.75. The number of rotatable bonds is 5. The van der Waals surface area contributed by atoms with Gasteiger partial charge in [-0.2, -0.15) is 13.2 Å². The summed E-state index contributed by atoms with van der Waals surface area (Å²) in [5.41, 5.74) is 0. The second-order valence-electron chi connectivity index (χ2n) is 5.77. The van der Waals surface area contributed by atoms with Gasteiger partial charge in [0.05, 0.1) is 25.2 Å². The van der Waals surface area contributed by atoms with Crippen LogP contribution in [0.25, 0.3) is 0 Å². The number of nitrogens with zero attached hydrogens (tertiary/aromatic N) is 1. The highest BCUT2D eigenvalue weighted by atomic mass is 19.4. The first-order valence-electron chi connectivity index (χ1n) is 7.75. The van der Waals surface area contributed by atoms with E-state index in [0.29, 0.717) is 32.7 Å². The molecule has 2 heterocycles. The maximum absolute atomic E-state index is 12.7. The zero-order valence-corrected chi connectivity index (χ0v) is 12.5. The highest BCUT2D eigenvalue weighted by Gasteiger charge is 2.42. The number of urea groups is 1. The molecule has 0 aromatic carbocycles. The minimum absolute atomic E-state index is 0.0950. The number of carbonyl (C=O) groups excluding carboxylic acids is 1. The molecule has 2 amide bonds. The van der Waals surface area contributed by atoms with Crippen LogP contribution in [0.4, 0.5) is 18.0 Å². The van der Waals surface area contributed by atoms with Crippen molar-refractivity contribution in [2.45, 2.75) is 38.0 Å². The molecule has 0 spiro atoms. The summed E-state index contributed by atoms with van der Waals surface area (Å²) in [4.78, 5) is 13.1. The number of alkyl halides is 3. The van der Waals surface area contributed by atoms with Crippen LogP contribution >= 0.6 is 0 Å². The fourth-order valence-electron chi connectivity index (χ4n) is 2.76. The number of hydrogen-bond donors (Lipinski definition) is 1. The summed E-state index contributed by atoms with van der Waals surface area (Å²) < 4.78 is 48.8. The Balaban J connectivity index is 1.60. The fraction of sp³-hybridized carbons (Fsp3) is 0.929. The molecule has 2 saturated heterocycles. The van der Waals surface area contributed by atoms with Crippen molar-refractivity contribution in [2.75, 3.05) is 39.5 Å². The Bertz CT molecular complexity index is 360. The van der Waals surface area contributed by atoms with Crippen LogP contribution in [0.1, 0.15) is 25.7 Å². The molecule has 0 unspecified atom stereocenters. The second-order valence-corrected chi connectivity index (χ2v) is 5.77. The molecule has 22 heavy (non-hydrogen) atoms. The Hall–Kier alpha value is -1.02. The molecule has 2 atom stereocenters. The lowest BCUT2D eigenvalue weighted by Crippen LogP contribution is -2.49. The molecule has 2 fully saturated rings.